The van der Waals surface area contributed by atoms with Crippen molar-refractivity contribution in [2.24, 2.45) is 0 Å². The first-order chi connectivity index (χ1) is 18.4. The lowest BCUT2D eigenvalue weighted by Crippen LogP contribution is -2.31. The molecule has 0 unspecified atom stereocenters. The van der Waals surface area contributed by atoms with Crippen molar-refractivity contribution in [3.8, 4) is 11.5 Å². The van der Waals surface area contributed by atoms with E-state index in [2.05, 4.69) is 20.7 Å². The quantitative estimate of drug-likeness (QED) is 0.308. The van der Waals surface area contributed by atoms with Gasteiger partial charge in [-0.2, -0.15) is 10.1 Å². The first kappa shape index (κ1) is 25.3. The molecule has 8 nitrogen and oxygen atoms in total. The van der Waals surface area contributed by atoms with Gasteiger partial charge in [0.05, 0.1) is 17.7 Å². The standard InChI is InChI=1S/C28H25ClFN5O3/c1-16-7-4-5-10-22(16)34-27(36)25-17(2)33-28-31-15-32-35(28)26(25)18-11-12-23(24(13-18)37-3)38-14-19-20(29)8-6-9-21(19)30/h4-13,15,26H,14H2,1-3H3,(H,34,36)(H,31,32,33)/t26-/m0/s1. The molecule has 1 atom stereocenters. The summed E-state index contributed by atoms with van der Waals surface area (Å²) in [5, 5.41) is 10.8. The molecule has 1 aromatic heterocycles. The van der Waals surface area contributed by atoms with Gasteiger partial charge in [0.15, 0.2) is 11.5 Å². The number of para-hydroxylation sites is 1. The summed E-state index contributed by atoms with van der Waals surface area (Å²) in [7, 11) is 1.51. The summed E-state index contributed by atoms with van der Waals surface area (Å²) >= 11 is 6.14. The molecule has 0 saturated heterocycles. The predicted octanol–water partition coefficient (Wildman–Crippen LogP) is 5.89. The number of anilines is 2. The molecule has 2 heterocycles. The van der Waals surface area contributed by atoms with Crippen LogP contribution in [0, 0.1) is 12.7 Å². The summed E-state index contributed by atoms with van der Waals surface area (Å²) in [6.45, 7) is 3.68. The molecule has 1 aliphatic rings. The number of ether oxygens (including phenoxy) is 2. The Morgan fingerprint density at radius 3 is 2.71 bits per heavy atom. The van der Waals surface area contributed by atoms with Gasteiger partial charge in [-0.15, -0.1) is 0 Å². The third-order valence-electron chi connectivity index (χ3n) is 6.37. The van der Waals surface area contributed by atoms with Crippen LogP contribution in [0.3, 0.4) is 0 Å². The molecule has 0 aliphatic carbocycles. The Morgan fingerprint density at radius 1 is 1.13 bits per heavy atom. The highest BCUT2D eigenvalue weighted by Crippen LogP contribution is 2.39. The Balaban J connectivity index is 1.49. The number of carbonyl (C=O) groups is 1. The topological polar surface area (TPSA) is 90.3 Å². The van der Waals surface area contributed by atoms with Crippen molar-refractivity contribution in [3.63, 3.8) is 0 Å². The molecule has 0 saturated carbocycles. The van der Waals surface area contributed by atoms with Gasteiger partial charge in [-0.05, 0) is 55.3 Å². The number of fused-ring (bicyclic) bond motifs is 1. The zero-order valence-corrected chi connectivity index (χ0v) is 21.7. The summed E-state index contributed by atoms with van der Waals surface area (Å²) in [5.41, 5.74) is 3.75. The maximum absolute atomic E-state index is 14.2. The number of allylic oxidation sites excluding steroid dienone is 1. The number of methoxy groups -OCH3 is 1. The van der Waals surface area contributed by atoms with Crippen molar-refractivity contribution in [1.29, 1.82) is 0 Å². The summed E-state index contributed by atoms with van der Waals surface area (Å²) in [6, 6.07) is 16.8. The van der Waals surface area contributed by atoms with Crippen LogP contribution in [0.2, 0.25) is 5.02 Å². The minimum absolute atomic E-state index is 0.0785. The average molecular weight is 534 g/mol. The third kappa shape index (κ3) is 4.80. The van der Waals surface area contributed by atoms with Crippen molar-refractivity contribution in [2.75, 3.05) is 17.7 Å². The van der Waals surface area contributed by atoms with Gasteiger partial charge in [0.25, 0.3) is 5.91 Å². The highest BCUT2D eigenvalue weighted by Gasteiger charge is 2.34. The molecule has 1 aliphatic heterocycles. The minimum atomic E-state index is -0.596. The van der Waals surface area contributed by atoms with E-state index in [-0.39, 0.29) is 23.1 Å². The molecule has 1 amide bonds. The van der Waals surface area contributed by atoms with E-state index in [0.717, 1.165) is 11.1 Å². The number of hydrogen-bond donors (Lipinski definition) is 2. The van der Waals surface area contributed by atoms with Crippen LogP contribution in [0.5, 0.6) is 11.5 Å². The van der Waals surface area contributed by atoms with Crippen molar-refractivity contribution in [1.82, 2.24) is 14.8 Å². The second-order valence-electron chi connectivity index (χ2n) is 8.76. The highest BCUT2D eigenvalue weighted by atomic mass is 35.5. The number of nitrogens with zero attached hydrogens (tertiary/aromatic N) is 3. The van der Waals surface area contributed by atoms with Crippen LogP contribution < -0.4 is 20.1 Å². The molecule has 4 aromatic rings. The van der Waals surface area contributed by atoms with Gasteiger partial charge in [0, 0.05) is 16.9 Å². The fourth-order valence-electron chi connectivity index (χ4n) is 4.39. The molecule has 10 heteroatoms. The maximum atomic E-state index is 14.2. The SMILES string of the molecule is COc1cc([C@H]2C(C(=O)Nc3ccccc3C)=C(C)Nc3ncnn32)ccc1OCc1c(F)cccc1Cl. The Labute approximate surface area is 224 Å². The molecular formula is C28H25ClFN5O3. The Bertz CT molecular complexity index is 1530. The summed E-state index contributed by atoms with van der Waals surface area (Å²) in [5.74, 6) is 0.588. The maximum Gasteiger partial charge on any atom is 0.255 e. The largest absolute Gasteiger partial charge is 0.493 e. The van der Waals surface area contributed by atoms with E-state index in [1.165, 1.54) is 25.6 Å². The summed E-state index contributed by atoms with van der Waals surface area (Å²) in [6.07, 6.45) is 1.43. The van der Waals surface area contributed by atoms with Gasteiger partial charge in [-0.3, -0.25) is 4.79 Å². The highest BCUT2D eigenvalue weighted by molar-refractivity contribution is 6.31. The van der Waals surface area contributed by atoms with Crippen LogP contribution >= 0.6 is 11.6 Å². The lowest BCUT2D eigenvalue weighted by atomic mass is 9.94. The molecule has 0 radical (unpaired) electrons. The van der Waals surface area contributed by atoms with Gasteiger partial charge < -0.3 is 20.1 Å². The fraction of sp³-hybridized carbons (Fsp3) is 0.179. The Kier molecular flexibility index (Phi) is 7.02. The van der Waals surface area contributed by atoms with Crippen LogP contribution in [0.4, 0.5) is 16.0 Å². The van der Waals surface area contributed by atoms with E-state index in [4.69, 9.17) is 21.1 Å². The second kappa shape index (κ2) is 10.5. The number of rotatable bonds is 7. The van der Waals surface area contributed by atoms with Crippen LogP contribution in [0.25, 0.3) is 0 Å². The molecule has 0 fully saturated rings. The van der Waals surface area contributed by atoms with Crippen LogP contribution in [-0.4, -0.2) is 27.8 Å². The second-order valence-corrected chi connectivity index (χ2v) is 9.17. The Hall–Kier alpha value is -4.37. The van der Waals surface area contributed by atoms with E-state index in [9.17, 15) is 9.18 Å². The van der Waals surface area contributed by atoms with Gasteiger partial charge in [0.1, 0.15) is 24.8 Å². The van der Waals surface area contributed by atoms with E-state index in [1.807, 2.05) is 44.2 Å². The molecule has 194 valence electrons. The van der Waals surface area contributed by atoms with Crippen molar-refractivity contribution in [2.45, 2.75) is 26.5 Å². The van der Waals surface area contributed by atoms with Crippen LogP contribution in [0.15, 0.2) is 78.3 Å². The van der Waals surface area contributed by atoms with E-state index >= 15 is 0 Å². The predicted molar refractivity (Wildman–Crippen MR) is 143 cm³/mol. The lowest BCUT2D eigenvalue weighted by molar-refractivity contribution is -0.113. The van der Waals surface area contributed by atoms with Gasteiger partial charge >= 0.3 is 0 Å². The zero-order valence-electron chi connectivity index (χ0n) is 21.0. The molecule has 0 bridgehead atoms. The molecule has 2 N–H and O–H groups in total. The van der Waals surface area contributed by atoms with Crippen LogP contribution in [-0.2, 0) is 11.4 Å². The van der Waals surface area contributed by atoms with Gasteiger partial charge in [-0.25, -0.2) is 9.07 Å². The third-order valence-corrected chi connectivity index (χ3v) is 6.72. The number of halogens is 2. The van der Waals surface area contributed by atoms with Crippen LogP contribution in [0.1, 0.15) is 29.7 Å². The monoisotopic (exact) mass is 533 g/mol. The number of nitrogens with one attached hydrogen (secondary N) is 2. The van der Waals surface area contributed by atoms with Gasteiger partial charge in [0.2, 0.25) is 5.95 Å². The molecule has 5 rings (SSSR count). The van der Waals surface area contributed by atoms with Crippen molar-refractivity contribution in [3.05, 3.63) is 106 Å². The molecule has 3 aromatic carbocycles. The van der Waals surface area contributed by atoms with Crippen molar-refractivity contribution >= 4 is 29.1 Å². The van der Waals surface area contributed by atoms with E-state index in [1.54, 1.807) is 22.9 Å². The molecule has 0 spiro atoms. The number of carbonyl (C=O) groups excluding carboxylic acids is 1. The Morgan fingerprint density at radius 2 is 1.95 bits per heavy atom. The van der Waals surface area contributed by atoms with Gasteiger partial charge in [-0.1, -0.05) is 41.9 Å². The first-order valence-electron chi connectivity index (χ1n) is 11.8. The first-order valence-corrected chi connectivity index (χ1v) is 12.2. The summed E-state index contributed by atoms with van der Waals surface area (Å²) in [4.78, 5) is 17.9. The molecule has 38 heavy (non-hydrogen) atoms. The number of aryl methyl sites for hydroxylation is 1. The van der Waals surface area contributed by atoms with Crippen molar-refractivity contribution < 1.29 is 18.7 Å². The number of hydrogen-bond acceptors (Lipinski definition) is 6. The minimum Gasteiger partial charge on any atom is -0.493 e. The normalized spacial score (nSPS) is 14.5. The van der Waals surface area contributed by atoms with E-state index < -0.39 is 11.9 Å². The average Bonchev–Trinajstić information content (AvgIpc) is 3.37. The molecular weight excluding hydrogens is 509 g/mol. The zero-order chi connectivity index (χ0) is 26.8. The number of aromatic nitrogens is 3. The number of benzene rings is 3. The smallest absolute Gasteiger partial charge is 0.255 e. The van der Waals surface area contributed by atoms with E-state index in [0.29, 0.717) is 34.4 Å². The number of amides is 1. The summed E-state index contributed by atoms with van der Waals surface area (Å²) < 4.78 is 27.3. The fourth-order valence-corrected chi connectivity index (χ4v) is 4.61. The lowest BCUT2D eigenvalue weighted by Gasteiger charge is -2.29.